The number of hydrogen-bond donors (Lipinski definition) is 2. The lowest BCUT2D eigenvalue weighted by Gasteiger charge is -2.08. The first-order chi connectivity index (χ1) is 11.9. The van der Waals surface area contributed by atoms with Crippen LogP contribution in [0.4, 0.5) is 14.7 Å². The van der Waals surface area contributed by atoms with Crippen molar-refractivity contribution >= 4 is 24.0 Å². The molecule has 1 fully saturated rings. The van der Waals surface area contributed by atoms with E-state index in [2.05, 4.69) is 29.7 Å². The molecular formula is C15H12F2N4O4. The average Bonchev–Trinajstić information content (AvgIpc) is 3.09. The first-order valence-corrected chi connectivity index (χ1v) is 7.28. The van der Waals surface area contributed by atoms with Gasteiger partial charge in [0.25, 0.3) is 5.91 Å². The van der Waals surface area contributed by atoms with Crippen LogP contribution in [0.1, 0.15) is 10.5 Å². The lowest BCUT2D eigenvalue weighted by molar-refractivity contribution is -0.346. The summed E-state index contributed by atoms with van der Waals surface area (Å²) < 4.78 is 40.2. The van der Waals surface area contributed by atoms with E-state index in [4.69, 9.17) is 4.74 Å². The van der Waals surface area contributed by atoms with Crippen molar-refractivity contribution in [2.24, 2.45) is 0 Å². The molecule has 10 heteroatoms. The van der Waals surface area contributed by atoms with E-state index in [1.807, 2.05) is 0 Å². The van der Waals surface area contributed by atoms with Crippen LogP contribution in [0.5, 0.6) is 5.75 Å². The van der Waals surface area contributed by atoms with E-state index >= 15 is 0 Å². The first kappa shape index (κ1) is 15.7. The van der Waals surface area contributed by atoms with Gasteiger partial charge < -0.3 is 9.72 Å². The monoisotopic (exact) mass is 350 g/mol. The Kier molecular flexibility index (Phi) is 3.51. The van der Waals surface area contributed by atoms with Gasteiger partial charge in [0.1, 0.15) is 23.7 Å². The Labute approximate surface area is 139 Å². The van der Waals surface area contributed by atoms with Gasteiger partial charge in [-0.15, -0.1) is 8.78 Å². The molecule has 0 spiro atoms. The van der Waals surface area contributed by atoms with E-state index in [9.17, 15) is 13.6 Å². The fourth-order valence-electron chi connectivity index (χ4n) is 2.60. The molecule has 1 aliphatic carbocycles. The number of pyridine rings is 1. The zero-order valence-corrected chi connectivity index (χ0v) is 12.8. The van der Waals surface area contributed by atoms with Gasteiger partial charge in [0, 0.05) is 12.3 Å². The Morgan fingerprint density at radius 1 is 1.36 bits per heavy atom. The molecule has 25 heavy (non-hydrogen) atoms. The molecule has 1 saturated heterocycles. The summed E-state index contributed by atoms with van der Waals surface area (Å²) >= 11 is 0. The maximum Gasteiger partial charge on any atom is 0.486 e. The summed E-state index contributed by atoms with van der Waals surface area (Å²) in [4.78, 5) is 23.2. The van der Waals surface area contributed by atoms with Gasteiger partial charge in [-0.05, 0) is 18.2 Å². The number of alkyl halides is 2. The van der Waals surface area contributed by atoms with E-state index in [0.717, 1.165) is 0 Å². The van der Waals surface area contributed by atoms with Crippen molar-refractivity contribution in [3.8, 4) is 5.75 Å². The molecule has 1 amide bonds. The molecule has 0 saturated carbocycles. The van der Waals surface area contributed by atoms with E-state index in [1.165, 1.54) is 31.5 Å². The summed E-state index contributed by atoms with van der Waals surface area (Å²) in [5.41, 5.74) is 0.143. The van der Waals surface area contributed by atoms with Crippen LogP contribution >= 0.6 is 0 Å². The van der Waals surface area contributed by atoms with Crippen LogP contribution < -0.4 is 20.8 Å². The average molecular weight is 350 g/mol. The Balaban J connectivity index is 1.57. The van der Waals surface area contributed by atoms with E-state index < -0.39 is 24.4 Å². The molecule has 2 aliphatic rings. The largest absolute Gasteiger partial charge is 0.497 e. The highest BCUT2D eigenvalue weighted by Crippen LogP contribution is 2.33. The highest BCUT2D eigenvalue weighted by atomic mass is 19.3. The predicted octanol–water partition coefficient (Wildman–Crippen LogP) is -0.0255. The summed E-state index contributed by atoms with van der Waals surface area (Å²) in [5.74, 6) is 0.145. The molecule has 2 unspecified atom stereocenters. The number of fused-ring (bicyclic) bond motifs is 2. The van der Waals surface area contributed by atoms with E-state index in [-0.39, 0.29) is 11.6 Å². The summed E-state index contributed by atoms with van der Waals surface area (Å²) in [6, 6.07) is 3.09. The van der Waals surface area contributed by atoms with Gasteiger partial charge in [-0.3, -0.25) is 24.6 Å². The minimum absolute atomic E-state index is 0.143. The zero-order valence-electron chi connectivity index (χ0n) is 12.8. The van der Waals surface area contributed by atoms with Crippen molar-refractivity contribution in [2.45, 2.75) is 18.5 Å². The van der Waals surface area contributed by atoms with Crippen molar-refractivity contribution in [3.63, 3.8) is 0 Å². The number of aromatic nitrogens is 3. The van der Waals surface area contributed by atoms with Crippen LogP contribution in [0, 0.1) is 0 Å². The predicted molar refractivity (Wildman–Crippen MR) is 80.2 cm³/mol. The number of nitrogens with one attached hydrogen (secondary N) is 2. The second-order valence-corrected chi connectivity index (χ2v) is 5.38. The number of methoxy groups -OCH3 is 1. The number of imidazole rings is 1. The highest BCUT2D eigenvalue weighted by molar-refractivity contribution is 6.02. The van der Waals surface area contributed by atoms with Gasteiger partial charge in [0.05, 0.1) is 17.8 Å². The van der Waals surface area contributed by atoms with E-state index in [0.29, 0.717) is 16.4 Å². The molecule has 3 heterocycles. The van der Waals surface area contributed by atoms with Crippen molar-refractivity contribution in [3.05, 3.63) is 34.7 Å². The number of H-pyrrole nitrogens is 1. The molecule has 4 rings (SSSR count). The number of hydrogen-bond acceptors (Lipinski definition) is 6. The molecule has 130 valence electrons. The summed E-state index contributed by atoms with van der Waals surface area (Å²) in [6.07, 6.45) is -1.19. The lowest BCUT2D eigenvalue weighted by atomic mass is 10.1. The van der Waals surface area contributed by atoms with Crippen LogP contribution in [-0.4, -0.2) is 46.5 Å². The molecule has 0 radical (unpaired) electrons. The first-order valence-electron chi connectivity index (χ1n) is 7.28. The van der Waals surface area contributed by atoms with Crippen molar-refractivity contribution < 1.29 is 27.8 Å². The molecule has 2 aromatic heterocycles. The fourth-order valence-corrected chi connectivity index (χ4v) is 2.60. The Hall–Kier alpha value is -2.85. The molecule has 8 nitrogen and oxygen atoms in total. The lowest BCUT2D eigenvalue weighted by Crippen LogP contribution is -2.36. The molecule has 2 atom stereocenters. The number of amides is 1. The van der Waals surface area contributed by atoms with Crippen molar-refractivity contribution in [2.75, 3.05) is 12.4 Å². The van der Waals surface area contributed by atoms with Crippen LogP contribution in [0.2, 0.25) is 0 Å². The minimum Gasteiger partial charge on any atom is -0.497 e. The van der Waals surface area contributed by atoms with Crippen LogP contribution in [-0.2, 0) is 9.47 Å². The van der Waals surface area contributed by atoms with Crippen molar-refractivity contribution in [1.29, 1.82) is 0 Å². The number of nitrogens with zero attached hydrogens (tertiary/aromatic N) is 2. The van der Waals surface area contributed by atoms with Gasteiger partial charge >= 0.3 is 6.29 Å². The van der Waals surface area contributed by atoms with E-state index in [1.54, 1.807) is 6.07 Å². The zero-order chi connectivity index (χ0) is 17.6. The Bertz CT molecular complexity index is 915. The number of carbonyl (C=O) groups excluding carboxylic acids is 1. The minimum atomic E-state index is -3.62. The summed E-state index contributed by atoms with van der Waals surface area (Å²) in [6.45, 7) is 0. The molecule has 2 aromatic rings. The third-order valence-corrected chi connectivity index (χ3v) is 3.72. The summed E-state index contributed by atoms with van der Waals surface area (Å²) in [7, 11) is 1.48. The molecule has 0 aromatic carbocycles. The number of carbonyl (C=O) groups is 1. The van der Waals surface area contributed by atoms with Gasteiger partial charge in [-0.1, -0.05) is 0 Å². The molecule has 1 aliphatic heterocycles. The quantitative estimate of drug-likeness (QED) is 0.807. The van der Waals surface area contributed by atoms with Gasteiger partial charge in [0.2, 0.25) is 5.95 Å². The maximum atomic E-state index is 13.1. The normalized spacial score (nSPS) is 23.0. The van der Waals surface area contributed by atoms with Crippen LogP contribution in [0.3, 0.4) is 0 Å². The van der Waals surface area contributed by atoms with Gasteiger partial charge in [0.15, 0.2) is 0 Å². The molecule has 2 N–H and O–H groups in total. The smallest absolute Gasteiger partial charge is 0.486 e. The van der Waals surface area contributed by atoms with Crippen molar-refractivity contribution in [1.82, 2.24) is 15.0 Å². The number of aromatic amines is 1. The molecule has 0 bridgehead atoms. The maximum absolute atomic E-state index is 13.1. The standard InChI is InChI=1S/C15H12F2N4O4/c1-23-7-2-3-18-10(4-7)13(22)21-14-19-8-5-11-12(6-9(8)20-14)25-15(16,17)24-11/h2-6,11-12H,1H3,(H2,19,20,21,22). The fraction of sp³-hybridized carbons (Fsp3) is 0.267. The van der Waals surface area contributed by atoms with Gasteiger partial charge in [-0.25, -0.2) is 4.98 Å². The highest BCUT2D eigenvalue weighted by Gasteiger charge is 2.48. The summed E-state index contributed by atoms with van der Waals surface area (Å²) in [5, 5.41) is 3.40. The number of anilines is 1. The number of rotatable bonds is 3. The van der Waals surface area contributed by atoms with Crippen LogP contribution in [0.25, 0.3) is 12.2 Å². The second-order valence-electron chi connectivity index (χ2n) is 5.38. The Morgan fingerprint density at radius 3 is 2.88 bits per heavy atom. The topological polar surface area (TPSA) is 98.4 Å². The number of halogens is 2. The number of ether oxygens (including phenoxy) is 3. The third-order valence-electron chi connectivity index (χ3n) is 3.72. The van der Waals surface area contributed by atoms with Gasteiger partial charge in [-0.2, -0.15) is 0 Å². The second kappa shape index (κ2) is 5.60. The third kappa shape index (κ3) is 2.96. The molecular weight excluding hydrogens is 338 g/mol. The SMILES string of the molecule is COc1ccnc(C(=O)Nc2nc3c([nH]2)=CC2OC(F)(F)OC2C=3)c1. The van der Waals surface area contributed by atoms with Crippen LogP contribution in [0.15, 0.2) is 18.3 Å². The Morgan fingerprint density at radius 2 is 2.12 bits per heavy atom.